The van der Waals surface area contributed by atoms with Crippen LogP contribution in [0.2, 0.25) is 0 Å². The van der Waals surface area contributed by atoms with Crippen LogP contribution in [0.5, 0.6) is 5.75 Å². The molecule has 0 radical (unpaired) electrons. The normalized spacial score (nSPS) is 8.15. The van der Waals surface area contributed by atoms with Gasteiger partial charge in [-0.25, -0.2) is 9.18 Å². The fourth-order valence-electron chi connectivity index (χ4n) is 0.557. The van der Waals surface area contributed by atoms with Crippen LogP contribution in [0.4, 0.5) is 4.39 Å². The minimum absolute atomic E-state index is 0.910. The highest BCUT2D eigenvalue weighted by molar-refractivity contribution is 5.67. The van der Waals surface area contributed by atoms with Crippen molar-refractivity contribution in [1.29, 1.82) is 0 Å². The zero-order valence-electron chi connectivity index (χ0n) is 7.24. The lowest BCUT2D eigenvalue weighted by atomic mass is 10.3. The molecular weight excluding hydrogens is 175 g/mol. The quantitative estimate of drug-likeness (QED) is 0.765. The number of carbonyl (C=O) groups is 1. The third-order valence-electron chi connectivity index (χ3n) is 1.09. The lowest BCUT2D eigenvalue weighted by molar-refractivity contribution is -0.137. The van der Waals surface area contributed by atoms with Crippen molar-refractivity contribution in [3.63, 3.8) is 0 Å². The van der Waals surface area contributed by atoms with Crippen molar-refractivity contribution >= 4 is 5.97 Å². The number of halogens is 1. The monoisotopic (exact) mass is 186 g/mol. The van der Waals surface area contributed by atoms with E-state index >= 15 is 0 Å². The van der Waals surface area contributed by atoms with E-state index in [9.17, 15) is 4.39 Å². The van der Waals surface area contributed by atoms with E-state index in [2.05, 4.69) is 0 Å². The maximum absolute atomic E-state index is 10.5. The van der Waals surface area contributed by atoms with E-state index in [0.29, 0.717) is 0 Å². The number of hydrogen-bond donors (Lipinski definition) is 1. The van der Waals surface area contributed by atoms with Crippen LogP contribution in [0, 0.1) is 0 Å². The van der Waals surface area contributed by atoms with E-state index in [1.165, 1.54) is 0 Å². The standard InChI is InChI=1S/C7H8O.C2H3FO2/c1-8-7-5-3-2-4-6-7;3-1-2(4)5/h2-6H,1H3;1H2,(H,4,5). The van der Waals surface area contributed by atoms with Gasteiger partial charge in [-0.2, -0.15) is 0 Å². The summed E-state index contributed by atoms with van der Waals surface area (Å²) >= 11 is 0. The molecule has 1 aromatic carbocycles. The smallest absolute Gasteiger partial charge is 0.335 e. The number of methoxy groups -OCH3 is 1. The van der Waals surface area contributed by atoms with Gasteiger partial charge >= 0.3 is 5.97 Å². The van der Waals surface area contributed by atoms with E-state index in [1.54, 1.807) is 7.11 Å². The Balaban J connectivity index is 0.000000252. The van der Waals surface area contributed by atoms with Crippen LogP contribution in [0.25, 0.3) is 0 Å². The maximum atomic E-state index is 10.5. The summed E-state index contributed by atoms with van der Waals surface area (Å²) in [5, 5.41) is 7.35. The molecule has 0 aliphatic heterocycles. The van der Waals surface area contributed by atoms with Crippen molar-refractivity contribution in [2.75, 3.05) is 13.8 Å². The van der Waals surface area contributed by atoms with Crippen molar-refractivity contribution in [3.05, 3.63) is 30.3 Å². The molecule has 72 valence electrons. The second-order valence-corrected chi connectivity index (χ2v) is 2.04. The molecule has 0 aliphatic rings. The number of para-hydroxylation sites is 1. The molecule has 0 bridgehead atoms. The van der Waals surface area contributed by atoms with Crippen LogP contribution < -0.4 is 4.74 Å². The highest BCUT2D eigenvalue weighted by Crippen LogP contribution is 2.05. The molecule has 0 unspecified atom stereocenters. The van der Waals surface area contributed by atoms with Gasteiger partial charge in [0.1, 0.15) is 5.75 Å². The van der Waals surface area contributed by atoms with Crippen LogP contribution in [0.15, 0.2) is 30.3 Å². The number of hydrogen-bond acceptors (Lipinski definition) is 2. The molecule has 1 aromatic rings. The number of rotatable bonds is 2. The number of benzene rings is 1. The fraction of sp³-hybridized carbons (Fsp3) is 0.222. The molecule has 0 heterocycles. The minimum atomic E-state index is -1.41. The van der Waals surface area contributed by atoms with Gasteiger partial charge in [-0.1, -0.05) is 18.2 Å². The van der Waals surface area contributed by atoms with E-state index in [4.69, 9.17) is 14.6 Å². The number of alkyl halides is 1. The average Bonchev–Trinajstić information content (AvgIpc) is 2.20. The lowest BCUT2D eigenvalue weighted by Crippen LogP contribution is -1.93. The van der Waals surface area contributed by atoms with Gasteiger partial charge in [0, 0.05) is 0 Å². The van der Waals surface area contributed by atoms with E-state index in [-0.39, 0.29) is 0 Å². The van der Waals surface area contributed by atoms with E-state index in [0.717, 1.165) is 5.75 Å². The summed E-state index contributed by atoms with van der Waals surface area (Å²) in [7, 11) is 1.66. The topological polar surface area (TPSA) is 46.5 Å². The Morgan fingerprint density at radius 2 is 1.92 bits per heavy atom. The summed E-state index contributed by atoms with van der Waals surface area (Å²) in [4.78, 5) is 8.99. The summed E-state index contributed by atoms with van der Waals surface area (Å²) in [6.07, 6.45) is 0. The first-order valence-corrected chi connectivity index (χ1v) is 3.57. The molecule has 0 fully saturated rings. The van der Waals surface area contributed by atoms with Crippen LogP contribution in [0.1, 0.15) is 0 Å². The molecule has 0 aliphatic carbocycles. The Hall–Kier alpha value is -1.58. The maximum Gasteiger partial charge on any atom is 0.335 e. The molecule has 3 nitrogen and oxygen atoms in total. The molecule has 4 heteroatoms. The van der Waals surface area contributed by atoms with Gasteiger partial charge in [0.05, 0.1) is 7.11 Å². The number of ether oxygens (including phenoxy) is 1. The van der Waals surface area contributed by atoms with E-state index in [1.807, 2.05) is 30.3 Å². The second-order valence-electron chi connectivity index (χ2n) is 2.04. The summed E-state index contributed by atoms with van der Waals surface area (Å²) in [5.41, 5.74) is 0. The molecule has 0 saturated carbocycles. The molecule has 1 rings (SSSR count). The van der Waals surface area contributed by atoms with Gasteiger partial charge in [0.25, 0.3) is 0 Å². The molecule has 0 saturated heterocycles. The zero-order valence-corrected chi connectivity index (χ0v) is 7.24. The molecule has 0 amide bonds. The SMILES string of the molecule is COc1ccccc1.O=C(O)CF. The van der Waals surface area contributed by atoms with Gasteiger partial charge in [-0.3, -0.25) is 0 Å². The molecule has 0 atom stereocenters. The number of carboxylic acid groups (broad SMARTS) is 1. The van der Waals surface area contributed by atoms with E-state index < -0.39 is 12.6 Å². The number of aliphatic carboxylic acids is 1. The lowest BCUT2D eigenvalue weighted by Gasteiger charge is -1.93. The predicted octanol–water partition coefficient (Wildman–Crippen LogP) is 1.74. The molecule has 1 N–H and O–H groups in total. The summed E-state index contributed by atoms with van der Waals surface area (Å²) < 4.78 is 15.4. The van der Waals surface area contributed by atoms with Crippen LogP contribution in [-0.2, 0) is 4.79 Å². The molecule has 13 heavy (non-hydrogen) atoms. The Morgan fingerprint density at radius 1 is 1.46 bits per heavy atom. The summed E-state index contributed by atoms with van der Waals surface area (Å²) in [6.45, 7) is -1.28. The summed E-state index contributed by atoms with van der Waals surface area (Å²) in [6, 6.07) is 9.68. The highest BCUT2D eigenvalue weighted by Gasteiger charge is 1.85. The van der Waals surface area contributed by atoms with Crippen molar-refractivity contribution in [2.24, 2.45) is 0 Å². The third-order valence-corrected chi connectivity index (χ3v) is 1.09. The summed E-state index contributed by atoms with van der Waals surface area (Å²) in [5.74, 6) is -0.502. The van der Waals surface area contributed by atoms with Crippen molar-refractivity contribution < 1.29 is 19.0 Å². The highest BCUT2D eigenvalue weighted by atomic mass is 19.1. The van der Waals surface area contributed by atoms with Gasteiger partial charge in [-0.15, -0.1) is 0 Å². The minimum Gasteiger partial charge on any atom is -0.497 e. The third kappa shape index (κ3) is 6.80. The second kappa shape index (κ2) is 7.09. The first kappa shape index (κ1) is 11.4. The first-order chi connectivity index (χ1) is 6.20. The van der Waals surface area contributed by atoms with Gasteiger partial charge in [-0.05, 0) is 12.1 Å². The van der Waals surface area contributed by atoms with Crippen molar-refractivity contribution in [3.8, 4) is 5.75 Å². The largest absolute Gasteiger partial charge is 0.497 e. The van der Waals surface area contributed by atoms with Crippen LogP contribution in [-0.4, -0.2) is 24.9 Å². The van der Waals surface area contributed by atoms with Gasteiger partial charge < -0.3 is 9.84 Å². The number of carboxylic acids is 1. The molecule has 0 aromatic heterocycles. The Kier molecular flexibility index (Phi) is 6.23. The zero-order chi connectivity index (χ0) is 10.1. The Morgan fingerprint density at radius 3 is 2.15 bits per heavy atom. The fourth-order valence-corrected chi connectivity index (χ4v) is 0.557. The molecular formula is C9H11FO3. The van der Waals surface area contributed by atoms with Crippen LogP contribution >= 0.6 is 0 Å². The van der Waals surface area contributed by atoms with Crippen LogP contribution in [0.3, 0.4) is 0 Å². The van der Waals surface area contributed by atoms with Gasteiger partial charge in [0.15, 0.2) is 6.67 Å². The molecule has 0 spiro atoms. The average molecular weight is 186 g/mol. The van der Waals surface area contributed by atoms with Crippen molar-refractivity contribution in [2.45, 2.75) is 0 Å². The first-order valence-electron chi connectivity index (χ1n) is 3.57. The van der Waals surface area contributed by atoms with Crippen molar-refractivity contribution in [1.82, 2.24) is 0 Å². The Labute approximate surface area is 75.8 Å². The van der Waals surface area contributed by atoms with Gasteiger partial charge in [0.2, 0.25) is 0 Å². The predicted molar refractivity (Wildman–Crippen MR) is 46.6 cm³/mol. The Bertz CT molecular complexity index is 236.